The molecule has 3 N–H and O–H groups in total. The van der Waals surface area contributed by atoms with E-state index in [4.69, 9.17) is 5.73 Å². The van der Waals surface area contributed by atoms with Crippen molar-refractivity contribution in [2.24, 2.45) is 0 Å². The number of aryl methyl sites for hydroxylation is 1. The zero-order valence-electron chi connectivity index (χ0n) is 18.5. The summed E-state index contributed by atoms with van der Waals surface area (Å²) in [4.78, 5) is 25.2. The molecule has 4 aromatic rings. The van der Waals surface area contributed by atoms with Crippen LogP contribution in [-0.2, 0) is 22.8 Å². The highest BCUT2D eigenvalue weighted by molar-refractivity contribution is 7.91. The topological polar surface area (TPSA) is 128 Å². The predicted molar refractivity (Wildman–Crippen MR) is 126 cm³/mol. The van der Waals surface area contributed by atoms with E-state index >= 15 is 0 Å². The minimum Gasteiger partial charge on any atom is -0.384 e. The highest BCUT2D eigenvalue weighted by atomic mass is 32.2. The highest BCUT2D eigenvalue weighted by Crippen LogP contribution is 2.24. The maximum absolute atomic E-state index is 14.7. The second-order valence-electron chi connectivity index (χ2n) is 7.95. The van der Waals surface area contributed by atoms with Gasteiger partial charge in [0.1, 0.15) is 11.6 Å². The van der Waals surface area contributed by atoms with Crippen molar-refractivity contribution in [2.45, 2.75) is 24.8 Å². The standard InChI is InChI=1S/C24H22FN5O3S/c1-14-8-22(26)28-12-17(14)13-29-24(31)16-6-7-27-18(9-16)11-20-19(25)10-15-4-3-5-21(23(15)30-20)34(2,32)33/h3-10,12H,11,13H2,1-2H3,(H2,26,28)(H,29,31). The summed E-state index contributed by atoms with van der Waals surface area (Å²) in [5.41, 5.74) is 8.41. The van der Waals surface area contributed by atoms with Gasteiger partial charge >= 0.3 is 0 Å². The van der Waals surface area contributed by atoms with Crippen LogP contribution in [0.15, 0.2) is 59.8 Å². The maximum Gasteiger partial charge on any atom is 0.251 e. The summed E-state index contributed by atoms with van der Waals surface area (Å²) in [5, 5.41) is 3.21. The van der Waals surface area contributed by atoms with E-state index in [9.17, 15) is 17.6 Å². The van der Waals surface area contributed by atoms with Crippen molar-refractivity contribution >= 4 is 32.5 Å². The van der Waals surface area contributed by atoms with Gasteiger partial charge in [0.15, 0.2) is 9.84 Å². The number of nitrogens with two attached hydrogens (primary N) is 1. The van der Waals surface area contributed by atoms with Gasteiger partial charge in [0.25, 0.3) is 5.91 Å². The summed E-state index contributed by atoms with van der Waals surface area (Å²) >= 11 is 0. The molecule has 0 aliphatic rings. The lowest BCUT2D eigenvalue weighted by Crippen LogP contribution is -2.23. The Morgan fingerprint density at radius 1 is 1.15 bits per heavy atom. The van der Waals surface area contributed by atoms with Crippen molar-refractivity contribution in [1.82, 2.24) is 20.3 Å². The minimum absolute atomic E-state index is 0.0119. The van der Waals surface area contributed by atoms with Gasteiger partial charge in [0.2, 0.25) is 0 Å². The minimum atomic E-state index is -3.55. The van der Waals surface area contributed by atoms with Crippen LogP contribution in [0.5, 0.6) is 0 Å². The summed E-state index contributed by atoms with van der Waals surface area (Å²) in [7, 11) is -3.55. The number of aromatic nitrogens is 3. The van der Waals surface area contributed by atoms with Crippen LogP contribution in [-0.4, -0.2) is 35.5 Å². The number of fused-ring (bicyclic) bond motifs is 1. The molecule has 1 aromatic carbocycles. The van der Waals surface area contributed by atoms with Gasteiger partial charge in [-0.25, -0.2) is 22.8 Å². The van der Waals surface area contributed by atoms with Crippen LogP contribution in [0.4, 0.5) is 10.2 Å². The number of para-hydroxylation sites is 1. The number of halogens is 1. The summed E-state index contributed by atoms with van der Waals surface area (Å²) in [6, 6.07) is 10.7. The second kappa shape index (κ2) is 9.14. The molecule has 0 atom stereocenters. The second-order valence-corrected chi connectivity index (χ2v) is 9.93. The Morgan fingerprint density at radius 3 is 2.68 bits per heavy atom. The van der Waals surface area contributed by atoms with Gasteiger partial charge < -0.3 is 11.1 Å². The van der Waals surface area contributed by atoms with Crippen LogP contribution in [0.1, 0.15) is 32.9 Å². The zero-order valence-corrected chi connectivity index (χ0v) is 19.4. The lowest BCUT2D eigenvalue weighted by Gasteiger charge is -2.10. The Morgan fingerprint density at radius 2 is 1.94 bits per heavy atom. The number of anilines is 1. The van der Waals surface area contributed by atoms with Crippen molar-refractivity contribution in [3.05, 3.63) is 88.8 Å². The van der Waals surface area contributed by atoms with E-state index in [0.717, 1.165) is 17.4 Å². The van der Waals surface area contributed by atoms with E-state index in [1.54, 1.807) is 36.5 Å². The van der Waals surface area contributed by atoms with E-state index < -0.39 is 15.7 Å². The molecule has 3 heterocycles. The van der Waals surface area contributed by atoms with Gasteiger partial charge in [-0.1, -0.05) is 12.1 Å². The molecule has 0 saturated carbocycles. The lowest BCUT2D eigenvalue weighted by atomic mass is 10.1. The Balaban J connectivity index is 1.57. The summed E-state index contributed by atoms with van der Waals surface area (Å²) in [6.45, 7) is 2.15. The van der Waals surface area contributed by atoms with E-state index in [1.165, 1.54) is 18.3 Å². The fourth-order valence-corrected chi connectivity index (χ4v) is 4.40. The molecule has 0 radical (unpaired) electrons. The lowest BCUT2D eigenvalue weighted by molar-refractivity contribution is 0.0950. The van der Waals surface area contributed by atoms with Gasteiger partial charge in [0.05, 0.1) is 16.1 Å². The zero-order chi connectivity index (χ0) is 24.5. The molecule has 0 spiro atoms. The first-order chi connectivity index (χ1) is 16.1. The van der Waals surface area contributed by atoms with Crippen LogP contribution < -0.4 is 11.1 Å². The fraction of sp³-hybridized carbons (Fsp3) is 0.167. The van der Waals surface area contributed by atoms with Crippen LogP contribution >= 0.6 is 0 Å². The van der Waals surface area contributed by atoms with Gasteiger partial charge in [-0.2, -0.15) is 0 Å². The van der Waals surface area contributed by atoms with Gasteiger partial charge in [0, 0.05) is 48.3 Å². The molecule has 0 bridgehead atoms. The monoisotopic (exact) mass is 479 g/mol. The number of carbonyl (C=O) groups excluding carboxylic acids is 1. The molecule has 8 nitrogen and oxygen atoms in total. The number of benzene rings is 1. The van der Waals surface area contributed by atoms with Crippen molar-refractivity contribution < 1.29 is 17.6 Å². The van der Waals surface area contributed by atoms with Crippen LogP contribution in [0.25, 0.3) is 10.9 Å². The molecule has 0 unspecified atom stereocenters. The summed E-state index contributed by atoms with van der Waals surface area (Å²) in [5.74, 6) is -0.503. The van der Waals surface area contributed by atoms with E-state index in [-0.39, 0.29) is 35.0 Å². The number of hydrogen-bond acceptors (Lipinski definition) is 7. The highest BCUT2D eigenvalue weighted by Gasteiger charge is 2.17. The third-order valence-electron chi connectivity index (χ3n) is 5.34. The summed E-state index contributed by atoms with van der Waals surface area (Å²) in [6.07, 6.45) is 4.14. The third kappa shape index (κ3) is 5.01. The number of pyridine rings is 3. The van der Waals surface area contributed by atoms with Crippen LogP contribution in [0, 0.1) is 12.7 Å². The largest absolute Gasteiger partial charge is 0.384 e. The van der Waals surface area contributed by atoms with Crippen molar-refractivity contribution in [3.63, 3.8) is 0 Å². The molecular weight excluding hydrogens is 457 g/mol. The SMILES string of the molecule is Cc1cc(N)ncc1CNC(=O)c1ccnc(Cc2nc3c(S(C)(=O)=O)cccc3cc2F)c1. The molecule has 1 amide bonds. The number of nitrogen functional groups attached to an aromatic ring is 1. The average Bonchev–Trinajstić information content (AvgIpc) is 2.78. The molecule has 0 aliphatic carbocycles. The number of nitrogens with one attached hydrogen (secondary N) is 1. The Bertz CT molecular complexity index is 1520. The summed E-state index contributed by atoms with van der Waals surface area (Å²) < 4.78 is 39.0. The first kappa shape index (κ1) is 23.2. The Labute approximate surface area is 196 Å². The van der Waals surface area contributed by atoms with Crippen molar-refractivity contribution in [2.75, 3.05) is 12.0 Å². The number of nitrogens with zero attached hydrogens (tertiary/aromatic N) is 3. The van der Waals surface area contributed by atoms with Crippen LogP contribution in [0.2, 0.25) is 0 Å². The predicted octanol–water partition coefficient (Wildman–Crippen LogP) is 2.98. The number of amides is 1. The molecule has 34 heavy (non-hydrogen) atoms. The number of hydrogen-bond donors (Lipinski definition) is 2. The fourth-order valence-electron chi connectivity index (χ4n) is 3.56. The molecule has 3 aromatic heterocycles. The normalized spacial score (nSPS) is 11.5. The number of sulfone groups is 1. The molecule has 10 heteroatoms. The molecule has 0 saturated heterocycles. The Hall–Kier alpha value is -3.92. The number of carbonyl (C=O) groups is 1. The molecular formula is C24H22FN5O3S. The van der Waals surface area contributed by atoms with Gasteiger partial charge in [-0.3, -0.25) is 9.78 Å². The first-order valence-corrected chi connectivity index (χ1v) is 12.2. The van der Waals surface area contributed by atoms with Gasteiger partial charge in [-0.15, -0.1) is 0 Å². The van der Waals surface area contributed by atoms with E-state index in [0.29, 0.717) is 22.5 Å². The maximum atomic E-state index is 14.7. The first-order valence-electron chi connectivity index (χ1n) is 10.3. The van der Waals surface area contributed by atoms with Crippen molar-refractivity contribution in [3.8, 4) is 0 Å². The van der Waals surface area contributed by atoms with Gasteiger partial charge in [-0.05, 0) is 48.4 Å². The Kier molecular flexibility index (Phi) is 6.25. The molecule has 4 rings (SSSR count). The van der Waals surface area contributed by atoms with E-state index in [2.05, 4.69) is 20.3 Å². The molecule has 174 valence electrons. The molecule has 0 aliphatic heterocycles. The quantitative estimate of drug-likeness (QED) is 0.435. The third-order valence-corrected chi connectivity index (χ3v) is 6.47. The average molecular weight is 480 g/mol. The smallest absolute Gasteiger partial charge is 0.251 e. The van der Waals surface area contributed by atoms with E-state index in [1.807, 2.05) is 6.92 Å². The van der Waals surface area contributed by atoms with Crippen molar-refractivity contribution in [1.29, 1.82) is 0 Å². The molecule has 0 fully saturated rings. The van der Waals surface area contributed by atoms with Crippen LogP contribution in [0.3, 0.4) is 0 Å². The number of rotatable bonds is 6.